The highest BCUT2D eigenvalue weighted by atomic mass is 31.2. The molecule has 0 saturated carbocycles. The zero-order valence-electron chi connectivity index (χ0n) is 74.6. The number of rotatable bonds is 37. The first-order chi connectivity index (χ1) is 66.9. The van der Waals surface area contributed by atoms with E-state index in [9.17, 15) is 95.3 Å². The highest BCUT2D eigenvalue weighted by Crippen LogP contribution is 2.52. The Bertz CT molecular complexity index is 6020. The number of phosphoric ester groups is 3. The summed E-state index contributed by atoms with van der Waals surface area (Å²) in [6.45, 7) is 1.78. The van der Waals surface area contributed by atoms with Crippen LogP contribution >= 0.6 is 31.7 Å². The number of aliphatic hydroxyl groups excluding tert-OH is 3. The number of esters is 2. The number of carboxylic acid groups (broad SMARTS) is 1. The topological polar surface area (TPSA) is 923 Å². The van der Waals surface area contributed by atoms with Gasteiger partial charge in [-0.1, -0.05) is 64.8 Å². The number of nitrogens with zero attached hydrogens (tertiary/aromatic N) is 18. The van der Waals surface area contributed by atoms with Gasteiger partial charge >= 0.3 is 85.5 Å². The van der Waals surface area contributed by atoms with Crippen molar-refractivity contribution in [2.24, 2.45) is 16.0 Å². The Morgan fingerprint density at radius 3 is 1.54 bits per heavy atom. The molecule has 8 aromatic rings. The third-order valence-electron chi connectivity index (χ3n) is 19.6. The normalized spacial score (nSPS) is 22.0. The number of benzene rings is 2. The number of azide groups is 2. The Morgan fingerprint density at radius 2 is 1.08 bits per heavy atom. The number of aromatic nitrogens is 12. The van der Waals surface area contributed by atoms with Crippen molar-refractivity contribution in [1.82, 2.24) is 74.1 Å². The molecule has 4 fully saturated rings. The van der Waals surface area contributed by atoms with E-state index in [-0.39, 0.29) is 104 Å². The van der Waals surface area contributed by atoms with Crippen LogP contribution in [0.2, 0.25) is 0 Å². The number of nitrogens with one attached hydrogen (secondary N) is 3. The number of nitrogens with two attached hydrogens (primary N) is 5. The minimum Gasteiger partial charge on any atom is -0.475 e. The third kappa shape index (κ3) is 35.1. The first-order valence-electron chi connectivity index (χ1n) is 41.4. The number of phosphoric acid groups is 3. The first kappa shape index (κ1) is 114. The lowest BCUT2D eigenvalue weighted by molar-refractivity contribution is -0.192. The van der Waals surface area contributed by atoms with Crippen molar-refractivity contribution in [3.05, 3.63) is 152 Å². The number of fused-ring (bicyclic) bond motifs is 2. The number of anilines is 4. The van der Waals surface area contributed by atoms with Crippen LogP contribution in [-0.2, 0) is 105 Å². The van der Waals surface area contributed by atoms with E-state index in [0.717, 1.165) is 21.8 Å². The van der Waals surface area contributed by atoms with E-state index in [0.29, 0.717) is 29.8 Å². The van der Waals surface area contributed by atoms with Gasteiger partial charge in [0.2, 0.25) is 0 Å². The van der Waals surface area contributed by atoms with Crippen molar-refractivity contribution in [2.75, 3.05) is 69.6 Å². The average molecular weight is 2100 g/mol. The van der Waals surface area contributed by atoms with Crippen LogP contribution in [0, 0.1) is 0 Å². The van der Waals surface area contributed by atoms with Crippen molar-refractivity contribution >= 4 is 125 Å². The monoisotopic (exact) mass is 2100 g/mol. The fourth-order valence-electron chi connectivity index (χ4n) is 13.2. The number of aliphatic hydroxyl groups is 3. The number of nitrogen functional groups attached to an aromatic ring is 4. The molecule has 10 heterocycles. The number of carbonyl (C=O) groups is 6. The molecular formula is C73H98F3N26O36P4+. The molecule has 6 aromatic heterocycles. The number of imidazole rings is 2. The smallest absolute Gasteiger partial charge is 0.475 e. The molecule has 2 aromatic carbocycles. The maximum atomic E-state index is 14.0. The molecule has 4 aliphatic rings. The number of methoxy groups -OCH3 is 1. The number of ether oxygens (including phenoxy) is 9. The summed E-state index contributed by atoms with van der Waals surface area (Å²) in [5, 5.41) is 54.7. The Hall–Kier alpha value is -12.8. The van der Waals surface area contributed by atoms with Crippen molar-refractivity contribution in [1.29, 1.82) is 0 Å². The number of halogens is 3. The van der Waals surface area contributed by atoms with Gasteiger partial charge in [0.15, 0.2) is 47.6 Å². The lowest BCUT2D eigenvalue weighted by Crippen LogP contribution is -2.47. The number of carboxylic acids is 1. The van der Waals surface area contributed by atoms with Crippen LogP contribution in [-0.4, -0.2) is 276 Å². The average Bonchev–Trinajstić information content (AvgIpc) is 1.62. The molecule has 18 atom stereocenters. The quantitative estimate of drug-likeness (QED) is 0.00505. The Kier molecular flexibility index (Phi) is 42.5. The molecule has 0 bridgehead atoms. The second-order valence-corrected chi connectivity index (χ2v) is 35.4. The van der Waals surface area contributed by atoms with Gasteiger partial charge in [0.25, 0.3) is 0 Å². The molecule has 4 saturated heterocycles. The van der Waals surface area contributed by atoms with Crippen molar-refractivity contribution in [3.8, 4) is 0 Å². The molecule has 62 nitrogen and oxygen atoms in total. The summed E-state index contributed by atoms with van der Waals surface area (Å²) in [5.74, 6) is -4.92. The standard InChI is InChI=1S/C38H50N13O15P.C27H40N10O16P2.C6H5N3.C2HF3O2.HO3P/c1-38(2,3)65-37(57)46-22(10-6-7-12-42-36(56)60-16-20-8-4-5-9-21(20)48-49-41)34(54)64-30-25(63-33(29(30)53)51-19-45-28-31(40)43-18-44-32(28)51)17-61-67(58,59)66-23-14-27(62-24(23)15-52)50-13-11-26(39)47-35(50)55;1-47-27(41)31-6-3-2-4-13(28)25(39)52-21-16(51-24(20(21)38)37-12-34-19-22(30)32-11-33-23(19)37)10-49-55(45,46)53-14-8-18(36-7-5-17(29)35-26(36)40)50-15(14)9-48-54(42,43)44;7-9-8-6-4-2-1-3-5-6;3-2(4,5)1(6)7;1-4(2)3/h4-5,8-9,11,13,18-19,22-25,27,29-30,33,52-53H,6-7,10,12,14-17H2,1-3H3,(H,42,56)(H,46,57)(H,58,59)(H2,39,47,55)(H2,40,43,44);5,7,11-16,18,20-21,24,38H,2-4,6,8-10,28H2,1H3,(H,31,41)(H,45,46)(H2,29,35,40)(H2,30,32,33)(H2,42,43,44);1-5H;(H,6,7);(H-,1,2,3)/p+1/t22-,23-,24+,25+,27+,29+,30+,33+;13-,14-,15+,16+,18+,20+,21+,24+;;;/m00.../s1. The van der Waals surface area contributed by atoms with Crippen LogP contribution in [0.5, 0.6) is 0 Å². The van der Waals surface area contributed by atoms with Gasteiger partial charge in [0.05, 0.1) is 46.2 Å². The highest BCUT2D eigenvalue weighted by Gasteiger charge is 2.53. The largest absolute Gasteiger partial charge is 0.692 e. The van der Waals surface area contributed by atoms with Crippen LogP contribution < -0.4 is 56.0 Å². The van der Waals surface area contributed by atoms with E-state index in [2.05, 4.69) is 85.1 Å². The van der Waals surface area contributed by atoms with Crippen molar-refractivity contribution < 1.29 is 175 Å². The molecule has 0 radical (unpaired) electrons. The Balaban J connectivity index is 0.000000293. The zero-order chi connectivity index (χ0) is 105. The van der Waals surface area contributed by atoms with Gasteiger partial charge in [-0.2, -0.15) is 23.1 Å². The highest BCUT2D eigenvalue weighted by molar-refractivity contribution is 7.47. The lowest BCUT2D eigenvalue weighted by atomic mass is 10.1. The molecular weight excluding hydrogens is 2000 g/mol. The second kappa shape index (κ2) is 52.8. The van der Waals surface area contributed by atoms with Gasteiger partial charge in [-0.25, -0.2) is 77.2 Å². The van der Waals surface area contributed by atoms with E-state index in [1.54, 1.807) is 57.2 Å². The minimum absolute atomic E-state index is 0.00506. The van der Waals surface area contributed by atoms with Gasteiger partial charge < -0.3 is 127 Å². The number of unbranched alkanes of at least 4 members (excludes halogenated alkanes) is 2. The van der Waals surface area contributed by atoms with Gasteiger partial charge in [-0.3, -0.25) is 45.7 Å². The van der Waals surface area contributed by atoms with Gasteiger partial charge in [-0.05, 0) is 88.1 Å². The van der Waals surface area contributed by atoms with Crippen molar-refractivity contribution in [2.45, 2.75) is 189 Å². The predicted octanol–water partition coefficient (Wildman–Crippen LogP) is 3.19. The Labute approximate surface area is 797 Å². The molecule has 23 N–H and O–H groups in total. The Morgan fingerprint density at radius 1 is 0.620 bits per heavy atom. The number of hydrogen-bond donors (Lipinski definition) is 18. The summed E-state index contributed by atoms with van der Waals surface area (Å²) >= 11 is 0. The SMILES string of the molecule is CC(C)(C)OC(=O)N[C@@H](CCCCNC(=O)OCc1ccccc1N=[N+]=[N-])C(=O)O[C@H]1[C@@H](O)[C@H](n2cnc3c(N)ncnc32)O[C@@H]1COP(=O)(O)O[C@H]1C[C@H](n2ccc(N)nc2=O)O[C@@H]1CO.COC(=O)NCCCC[C@H](N)C(=O)O[C@H]1[C@@H](O)[C@H](n2cnc3c(N)ncnc32)O[C@@H]1COP(=O)(O)O[C@H]1C[C@H](n2ccc(N)nc2=O)O[C@@H]1COP(=O)(O)O.O=C(O)C(F)(F)F.O=[P+](O)O.[N-]=[N+]=Nc1ccccc1. The van der Waals surface area contributed by atoms with Crippen LogP contribution in [0.3, 0.4) is 0 Å². The molecule has 776 valence electrons. The summed E-state index contributed by atoms with van der Waals surface area (Å²) in [6.07, 6.45) is -19.3. The zero-order valence-corrected chi connectivity index (χ0v) is 78.2. The number of amides is 3. The van der Waals surface area contributed by atoms with Crippen LogP contribution in [0.4, 0.5) is 62.2 Å². The van der Waals surface area contributed by atoms with E-state index in [1.165, 1.54) is 53.4 Å². The molecule has 12 rings (SSSR count). The lowest BCUT2D eigenvalue weighted by Gasteiger charge is -2.26. The molecule has 2 unspecified atom stereocenters. The molecule has 0 spiro atoms. The maximum Gasteiger partial charge on any atom is 0.692 e. The summed E-state index contributed by atoms with van der Waals surface area (Å²) in [6, 6.07) is 15.6. The van der Waals surface area contributed by atoms with Crippen LogP contribution in [0.1, 0.15) is 103 Å². The number of alkyl halides is 3. The van der Waals surface area contributed by atoms with E-state index < -0.39 is 216 Å². The molecule has 69 heteroatoms. The van der Waals surface area contributed by atoms with Gasteiger partial charge in [-0.15, -0.1) is 9.79 Å². The molecule has 3 amide bonds. The summed E-state index contributed by atoms with van der Waals surface area (Å²) in [7, 11) is -17.0. The summed E-state index contributed by atoms with van der Waals surface area (Å²) in [4.78, 5) is 189. The second-order valence-electron chi connectivity index (χ2n) is 30.8. The van der Waals surface area contributed by atoms with E-state index in [4.69, 9.17) is 120 Å². The third-order valence-corrected chi connectivity index (χ3v) is 22.1. The van der Waals surface area contributed by atoms with Crippen LogP contribution in [0.25, 0.3) is 43.2 Å². The number of hydrogen-bond acceptors (Lipinski definition) is 44. The fraction of sp³-hybridized carbons (Fsp3) is 0.507. The molecule has 0 aliphatic carbocycles. The predicted molar refractivity (Wildman–Crippen MR) is 472 cm³/mol. The minimum atomic E-state index is -5.16. The fourth-order valence-corrected chi connectivity index (χ4v) is 15.5. The molecule has 142 heavy (non-hydrogen) atoms. The van der Waals surface area contributed by atoms with Crippen molar-refractivity contribution in [3.63, 3.8) is 0 Å². The number of alkyl carbamates (subject to hydrolysis) is 3. The van der Waals surface area contributed by atoms with Gasteiger partial charge in [0, 0.05) is 64.1 Å². The summed E-state index contributed by atoms with van der Waals surface area (Å²) < 4.78 is 159. The first-order valence-corrected chi connectivity index (χ1v) is 47.0. The van der Waals surface area contributed by atoms with Crippen LogP contribution in [0.15, 0.2) is 124 Å². The van der Waals surface area contributed by atoms with E-state index in [1.807, 2.05) is 18.2 Å². The maximum absolute atomic E-state index is 14.0. The number of aliphatic carboxylic acids is 1. The van der Waals surface area contributed by atoms with Gasteiger partial charge in [0.1, 0.15) is 121 Å². The molecule has 4 aliphatic heterocycles. The number of carbonyl (C=O) groups excluding carboxylic acids is 5. The summed E-state index contributed by atoms with van der Waals surface area (Å²) in [5.41, 5.74) is 45.2. The van der Waals surface area contributed by atoms with E-state index >= 15 is 0 Å².